The molecule has 1 aromatic carbocycles. The topological polar surface area (TPSA) is 62.3 Å². The summed E-state index contributed by atoms with van der Waals surface area (Å²) in [5.74, 6) is 0. The standard InChI is InChI=1S/C17H21NO3/c1-10-5-4-6-11-15(10)12-8-21-14(17(2,3)9-19)7-13(12)18-16(11)20/h4-6,14,19H,7-9H2,1-3H3,(H,18,20). The van der Waals surface area contributed by atoms with Gasteiger partial charge in [0.25, 0.3) is 5.56 Å². The van der Waals surface area contributed by atoms with E-state index in [1.54, 1.807) is 0 Å². The fraction of sp³-hybridized carbons (Fsp3) is 0.471. The van der Waals surface area contributed by atoms with E-state index in [0.717, 1.165) is 27.6 Å². The third-order valence-electron chi connectivity index (χ3n) is 4.55. The van der Waals surface area contributed by atoms with Crippen LogP contribution in [0.15, 0.2) is 23.0 Å². The van der Waals surface area contributed by atoms with E-state index in [2.05, 4.69) is 4.98 Å². The molecular weight excluding hydrogens is 266 g/mol. The summed E-state index contributed by atoms with van der Waals surface area (Å²) in [5.41, 5.74) is 2.75. The van der Waals surface area contributed by atoms with Crippen LogP contribution in [0.5, 0.6) is 0 Å². The van der Waals surface area contributed by atoms with Gasteiger partial charge in [-0.15, -0.1) is 0 Å². The molecule has 3 rings (SSSR count). The van der Waals surface area contributed by atoms with Crippen molar-refractivity contribution in [2.24, 2.45) is 5.41 Å². The smallest absolute Gasteiger partial charge is 0.256 e. The van der Waals surface area contributed by atoms with Gasteiger partial charge in [0.15, 0.2) is 0 Å². The lowest BCUT2D eigenvalue weighted by atomic mass is 9.82. The van der Waals surface area contributed by atoms with Crippen molar-refractivity contribution in [1.29, 1.82) is 0 Å². The predicted octanol–water partition coefficient (Wildman–Crippen LogP) is 2.30. The average Bonchev–Trinajstić information content (AvgIpc) is 2.47. The lowest BCUT2D eigenvalue weighted by molar-refractivity contribution is -0.0654. The number of benzene rings is 1. The number of ether oxygens (including phenoxy) is 1. The number of aliphatic hydroxyl groups is 1. The maximum Gasteiger partial charge on any atom is 0.256 e. The monoisotopic (exact) mass is 287 g/mol. The lowest BCUT2D eigenvalue weighted by Gasteiger charge is -2.36. The van der Waals surface area contributed by atoms with Gasteiger partial charge >= 0.3 is 0 Å². The molecule has 0 fully saturated rings. The maximum atomic E-state index is 12.3. The van der Waals surface area contributed by atoms with Crippen LogP contribution >= 0.6 is 0 Å². The minimum atomic E-state index is -0.324. The second kappa shape index (κ2) is 4.97. The van der Waals surface area contributed by atoms with Crippen molar-refractivity contribution in [1.82, 2.24) is 4.98 Å². The first-order valence-corrected chi connectivity index (χ1v) is 7.30. The third kappa shape index (κ3) is 2.28. The van der Waals surface area contributed by atoms with Crippen molar-refractivity contribution in [3.05, 3.63) is 45.4 Å². The van der Waals surface area contributed by atoms with Gasteiger partial charge in [-0.2, -0.15) is 0 Å². The number of pyridine rings is 1. The Kier molecular flexibility index (Phi) is 3.38. The molecule has 0 amide bonds. The third-order valence-corrected chi connectivity index (χ3v) is 4.55. The SMILES string of the molecule is Cc1cccc2c(=O)[nH]c3c(c12)COC(C(C)(C)CO)C3. The number of fused-ring (bicyclic) bond motifs is 3. The van der Waals surface area contributed by atoms with Gasteiger partial charge in [-0.05, 0) is 23.9 Å². The summed E-state index contributed by atoms with van der Waals surface area (Å²) in [4.78, 5) is 15.3. The molecule has 0 radical (unpaired) electrons. The molecule has 4 heteroatoms. The van der Waals surface area contributed by atoms with Gasteiger partial charge in [0, 0.05) is 28.5 Å². The van der Waals surface area contributed by atoms with Crippen LogP contribution in [0.1, 0.15) is 30.7 Å². The minimum Gasteiger partial charge on any atom is -0.396 e. The van der Waals surface area contributed by atoms with Crippen molar-refractivity contribution >= 4 is 10.8 Å². The number of hydrogen-bond donors (Lipinski definition) is 2. The van der Waals surface area contributed by atoms with Crippen molar-refractivity contribution in [3.63, 3.8) is 0 Å². The van der Waals surface area contributed by atoms with Gasteiger partial charge in [0.05, 0.1) is 19.3 Å². The van der Waals surface area contributed by atoms with Gasteiger partial charge < -0.3 is 14.8 Å². The zero-order valence-electron chi connectivity index (χ0n) is 12.7. The highest BCUT2D eigenvalue weighted by Crippen LogP contribution is 2.33. The largest absolute Gasteiger partial charge is 0.396 e. The fourth-order valence-corrected chi connectivity index (χ4v) is 3.05. The molecular formula is C17H21NO3. The number of aliphatic hydroxyl groups excluding tert-OH is 1. The van der Waals surface area contributed by atoms with E-state index in [0.29, 0.717) is 13.0 Å². The van der Waals surface area contributed by atoms with E-state index in [9.17, 15) is 9.90 Å². The lowest BCUT2D eigenvalue weighted by Crippen LogP contribution is -2.40. The van der Waals surface area contributed by atoms with Crippen molar-refractivity contribution in [2.75, 3.05) is 6.61 Å². The molecule has 0 saturated heterocycles. The molecule has 2 heterocycles. The normalized spacial score (nSPS) is 18.8. The number of aromatic amines is 1. The van der Waals surface area contributed by atoms with Gasteiger partial charge in [0.1, 0.15) is 0 Å². The molecule has 112 valence electrons. The second-order valence-corrected chi connectivity index (χ2v) is 6.56. The summed E-state index contributed by atoms with van der Waals surface area (Å²) in [6, 6.07) is 5.78. The molecule has 1 aliphatic rings. The molecule has 1 aromatic heterocycles. The van der Waals surface area contributed by atoms with Gasteiger partial charge in [-0.25, -0.2) is 0 Å². The van der Waals surface area contributed by atoms with Crippen molar-refractivity contribution in [2.45, 2.75) is 39.9 Å². The maximum absolute atomic E-state index is 12.3. The Bertz CT molecular complexity index is 746. The highest BCUT2D eigenvalue weighted by Gasteiger charge is 2.34. The summed E-state index contributed by atoms with van der Waals surface area (Å²) in [6.07, 6.45) is 0.537. The zero-order valence-corrected chi connectivity index (χ0v) is 12.7. The number of nitrogens with one attached hydrogen (secondary N) is 1. The molecule has 0 saturated carbocycles. The second-order valence-electron chi connectivity index (χ2n) is 6.56. The van der Waals surface area contributed by atoms with Gasteiger partial charge in [-0.3, -0.25) is 4.79 Å². The van der Waals surface area contributed by atoms with Gasteiger partial charge in [0.2, 0.25) is 0 Å². The van der Waals surface area contributed by atoms with E-state index < -0.39 is 0 Å². The Labute approximate surface area is 123 Å². The highest BCUT2D eigenvalue weighted by molar-refractivity contribution is 5.88. The van der Waals surface area contributed by atoms with Crippen LogP contribution in [0.3, 0.4) is 0 Å². The van der Waals surface area contributed by atoms with Crippen molar-refractivity contribution in [3.8, 4) is 0 Å². The minimum absolute atomic E-state index is 0.0464. The van der Waals surface area contributed by atoms with E-state index in [-0.39, 0.29) is 23.7 Å². The summed E-state index contributed by atoms with van der Waals surface area (Å²) in [7, 11) is 0. The van der Waals surface area contributed by atoms with Crippen LogP contribution in [0, 0.1) is 12.3 Å². The first-order chi connectivity index (χ1) is 9.94. The average molecular weight is 287 g/mol. The number of hydrogen-bond acceptors (Lipinski definition) is 3. The molecule has 2 aromatic rings. The number of aromatic nitrogens is 1. The fourth-order valence-electron chi connectivity index (χ4n) is 3.05. The Morgan fingerprint density at radius 1 is 1.43 bits per heavy atom. The van der Waals surface area contributed by atoms with Crippen LogP contribution in [-0.2, 0) is 17.8 Å². The molecule has 0 bridgehead atoms. The number of aryl methyl sites for hydroxylation is 1. The number of rotatable bonds is 2. The molecule has 1 aliphatic heterocycles. The summed E-state index contributed by atoms with van der Waals surface area (Å²) < 4.78 is 5.98. The van der Waals surface area contributed by atoms with E-state index >= 15 is 0 Å². The Morgan fingerprint density at radius 2 is 2.19 bits per heavy atom. The summed E-state index contributed by atoms with van der Waals surface area (Å²) in [5, 5.41) is 11.2. The molecule has 0 aliphatic carbocycles. The molecule has 1 atom stereocenters. The van der Waals surface area contributed by atoms with E-state index in [4.69, 9.17) is 4.74 Å². The van der Waals surface area contributed by atoms with Crippen LogP contribution in [0.2, 0.25) is 0 Å². The number of H-pyrrole nitrogens is 1. The Hall–Kier alpha value is -1.65. The van der Waals surface area contributed by atoms with Crippen LogP contribution in [0.4, 0.5) is 0 Å². The quantitative estimate of drug-likeness (QED) is 0.891. The molecule has 2 N–H and O–H groups in total. The van der Waals surface area contributed by atoms with Crippen LogP contribution < -0.4 is 5.56 Å². The van der Waals surface area contributed by atoms with Crippen molar-refractivity contribution < 1.29 is 9.84 Å². The zero-order chi connectivity index (χ0) is 15.2. The molecule has 1 unspecified atom stereocenters. The summed E-state index contributed by atoms with van der Waals surface area (Å²) in [6.45, 7) is 6.51. The van der Waals surface area contributed by atoms with Crippen LogP contribution in [-0.4, -0.2) is 22.8 Å². The van der Waals surface area contributed by atoms with E-state index in [1.807, 2.05) is 39.0 Å². The highest BCUT2D eigenvalue weighted by atomic mass is 16.5. The molecule has 4 nitrogen and oxygen atoms in total. The van der Waals surface area contributed by atoms with E-state index in [1.165, 1.54) is 0 Å². The Balaban J connectivity index is 2.15. The van der Waals surface area contributed by atoms with Gasteiger partial charge in [-0.1, -0.05) is 26.0 Å². The Morgan fingerprint density at radius 3 is 2.90 bits per heavy atom. The summed E-state index contributed by atoms with van der Waals surface area (Å²) >= 11 is 0. The molecule has 0 spiro atoms. The predicted molar refractivity (Wildman–Crippen MR) is 82.5 cm³/mol. The first kappa shape index (κ1) is 14.3. The first-order valence-electron chi connectivity index (χ1n) is 7.30. The molecule has 21 heavy (non-hydrogen) atoms. The van der Waals surface area contributed by atoms with Crippen LogP contribution in [0.25, 0.3) is 10.8 Å².